The molecule has 0 bridgehead atoms. The fourth-order valence-electron chi connectivity index (χ4n) is 1.04. The minimum absolute atomic E-state index is 0.491. The summed E-state index contributed by atoms with van der Waals surface area (Å²) in [5, 5.41) is 3.31. The van der Waals surface area contributed by atoms with Crippen molar-refractivity contribution < 1.29 is 9.53 Å². The summed E-state index contributed by atoms with van der Waals surface area (Å²) in [6.45, 7) is 5.08. The lowest BCUT2D eigenvalue weighted by molar-refractivity contribution is 0.112. The molecule has 3 heteroatoms. The molecule has 0 atom stereocenters. The number of aldehydes is 1. The number of carbonyl (C=O) groups is 1. The Bertz CT molecular complexity index is 280. The molecule has 16 heavy (non-hydrogen) atoms. The zero-order valence-corrected chi connectivity index (χ0v) is 10.5. The molecular weight excluding hydrogens is 202 g/mol. The van der Waals surface area contributed by atoms with E-state index in [1.54, 1.807) is 14.2 Å². The molecule has 3 nitrogen and oxygen atoms in total. The Morgan fingerprint density at radius 1 is 1.25 bits per heavy atom. The van der Waals surface area contributed by atoms with Gasteiger partial charge in [0.15, 0.2) is 0 Å². The normalized spacial score (nSPS) is 9.56. The number of hydrogen-bond donors (Lipinski definition) is 1. The van der Waals surface area contributed by atoms with Gasteiger partial charge in [-0.1, -0.05) is 38.1 Å². The van der Waals surface area contributed by atoms with E-state index in [4.69, 9.17) is 0 Å². The third-order valence-corrected chi connectivity index (χ3v) is 1.83. The first-order chi connectivity index (χ1) is 7.63. The molecule has 0 heterocycles. The molecule has 0 aromatic heterocycles. The number of hydrogen-bond acceptors (Lipinski definition) is 3. The lowest BCUT2D eigenvalue weighted by Gasteiger charge is -2.07. The predicted molar refractivity (Wildman–Crippen MR) is 66.7 cm³/mol. The summed E-state index contributed by atoms with van der Waals surface area (Å²) in [5.41, 5.74) is 1.94. The SMILES string of the molecule is CC(C)NCc1ccc(C=O)cc1.COC. The van der Waals surface area contributed by atoms with Crippen molar-refractivity contribution in [1.82, 2.24) is 5.32 Å². The highest BCUT2D eigenvalue weighted by Crippen LogP contribution is 2.02. The Balaban J connectivity index is 0.000000673. The molecule has 0 spiro atoms. The summed E-state index contributed by atoms with van der Waals surface area (Å²) < 4.78 is 4.25. The van der Waals surface area contributed by atoms with Crippen molar-refractivity contribution in [2.24, 2.45) is 0 Å². The van der Waals surface area contributed by atoms with Crippen LogP contribution in [0.25, 0.3) is 0 Å². The third-order valence-electron chi connectivity index (χ3n) is 1.83. The second-order valence-corrected chi connectivity index (χ2v) is 3.80. The lowest BCUT2D eigenvalue weighted by Crippen LogP contribution is -2.21. The summed E-state index contributed by atoms with van der Waals surface area (Å²) in [6, 6.07) is 8.11. The van der Waals surface area contributed by atoms with Gasteiger partial charge in [0.05, 0.1) is 0 Å². The Morgan fingerprint density at radius 2 is 1.75 bits per heavy atom. The number of methoxy groups -OCH3 is 1. The molecule has 1 N–H and O–H groups in total. The zero-order chi connectivity index (χ0) is 12.4. The fraction of sp³-hybridized carbons (Fsp3) is 0.462. The number of carbonyl (C=O) groups excluding carboxylic acids is 1. The summed E-state index contributed by atoms with van der Waals surface area (Å²) >= 11 is 0. The molecule has 0 amide bonds. The smallest absolute Gasteiger partial charge is 0.150 e. The van der Waals surface area contributed by atoms with E-state index >= 15 is 0 Å². The van der Waals surface area contributed by atoms with Gasteiger partial charge < -0.3 is 10.1 Å². The summed E-state index contributed by atoms with van der Waals surface area (Å²) in [7, 11) is 3.25. The number of ether oxygens (including phenoxy) is 1. The van der Waals surface area contributed by atoms with E-state index in [9.17, 15) is 4.79 Å². The van der Waals surface area contributed by atoms with E-state index < -0.39 is 0 Å². The first-order valence-corrected chi connectivity index (χ1v) is 5.31. The van der Waals surface area contributed by atoms with Gasteiger partial charge in [0.1, 0.15) is 6.29 Å². The van der Waals surface area contributed by atoms with Gasteiger partial charge in [-0.25, -0.2) is 0 Å². The highest BCUT2D eigenvalue weighted by atomic mass is 16.4. The largest absolute Gasteiger partial charge is 0.388 e. The first kappa shape index (κ1) is 14.8. The Morgan fingerprint density at radius 3 is 2.12 bits per heavy atom. The monoisotopic (exact) mass is 223 g/mol. The van der Waals surface area contributed by atoms with Crippen molar-refractivity contribution in [3.63, 3.8) is 0 Å². The van der Waals surface area contributed by atoms with Gasteiger partial charge >= 0.3 is 0 Å². The predicted octanol–water partition coefficient (Wildman–Crippen LogP) is 2.26. The van der Waals surface area contributed by atoms with Crippen molar-refractivity contribution in [2.75, 3.05) is 14.2 Å². The van der Waals surface area contributed by atoms with Gasteiger partial charge in [-0.05, 0) is 5.56 Å². The van der Waals surface area contributed by atoms with Crippen LogP contribution in [-0.4, -0.2) is 26.5 Å². The molecule has 0 aliphatic carbocycles. The minimum Gasteiger partial charge on any atom is -0.388 e. The second kappa shape index (κ2) is 9.07. The Labute approximate surface area is 97.8 Å². The maximum atomic E-state index is 10.4. The van der Waals surface area contributed by atoms with Crippen LogP contribution in [0.2, 0.25) is 0 Å². The van der Waals surface area contributed by atoms with Crippen molar-refractivity contribution in [3.05, 3.63) is 35.4 Å². The van der Waals surface area contributed by atoms with Crippen LogP contribution in [0.5, 0.6) is 0 Å². The maximum absolute atomic E-state index is 10.4. The number of rotatable bonds is 4. The van der Waals surface area contributed by atoms with Gasteiger partial charge in [0.25, 0.3) is 0 Å². The number of benzene rings is 1. The summed E-state index contributed by atoms with van der Waals surface area (Å²) in [5.74, 6) is 0. The van der Waals surface area contributed by atoms with Crippen LogP contribution in [0.15, 0.2) is 24.3 Å². The van der Waals surface area contributed by atoms with Crippen LogP contribution in [-0.2, 0) is 11.3 Å². The van der Waals surface area contributed by atoms with Crippen LogP contribution in [0.1, 0.15) is 29.8 Å². The highest BCUT2D eigenvalue weighted by Gasteiger charge is 1.95. The van der Waals surface area contributed by atoms with E-state index in [0.717, 1.165) is 18.4 Å². The van der Waals surface area contributed by atoms with Crippen molar-refractivity contribution >= 4 is 6.29 Å². The van der Waals surface area contributed by atoms with E-state index in [0.29, 0.717) is 6.04 Å². The van der Waals surface area contributed by atoms with Gasteiger partial charge in [-0.15, -0.1) is 0 Å². The van der Waals surface area contributed by atoms with Crippen LogP contribution >= 0.6 is 0 Å². The Hall–Kier alpha value is -1.19. The van der Waals surface area contributed by atoms with Gasteiger partial charge in [0, 0.05) is 32.4 Å². The maximum Gasteiger partial charge on any atom is 0.150 e. The average Bonchev–Trinajstić information content (AvgIpc) is 2.28. The lowest BCUT2D eigenvalue weighted by atomic mass is 10.1. The highest BCUT2D eigenvalue weighted by molar-refractivity contribution is 5.74. The molecule has 0 aliphatic heterocycles. The molecule has 1 rings (SSSR count). The number of nitrogens with one attached hydrogen (secondary N) is 1. The molecule has 90 valence electrons. The first-order valence-electron chi connectivity index (χ1n) is 5.31. The van der Waals surface area contributed by atoms with E-state index in [2.05, 4.69) is 23.9 Å². The van der Waals surface area contributed by atoms with Gasteiger partial charge in [0.2, 0.25) is 0 Å². The minimum atomic E-state index is 0.491. The van der Waals surface area contributed by atoms with E-state index in [1.807, 2.05) is 24.3 Å². The average molecular weight is 223 g/mol. The fourth-order valence-corrected chi connectivity index (χ4v) is 1.04. The van der Waals surface area contributed by atoms with Gasteiger partial charge in [-0.3, -0.25) is 4.79 Å². The standard InChI is InChI=1S/C11H15NO.C2H6O/c1-9(2)12-7-10-3-5-11(8-13)6-4-10;1-3-2/h3-6,8-9,12H,7H2,1-2H3;1-2H3. The molecular formula is C13H21NO2. The van der Waals surface area contributed by atoms with Crippen LogP contribution < -0.4 is 5.32 Å². The van der Waals surface area contributed by atoms with Crippen LogP contribution in [0, 0.1) is 0 Å². The summed E-state index contributed by atoms with van der Waals surface area (Å²) in [6.07, 6.45) is 0.861. The topological polar surface area (TPSA) is 38.3 Å². The third kappa shape index (κ3) is 7.15. The van der Waals surface area contributed by atoms with Crippen LogP contribution in [0.4, 0.5) is 0 Å². The van der Waals surface area contributed by atoms with Crippen molar-refractivity contribution in [2.45, 2.75) is 26.4 Å². The molecule has 1 aromatic rings. The Kier molecular flexibility index (Phi) is 8.39. The summed E-state index contributed by atoms with van der Waals surface area (Å²) in [4.78, 5) is 10.4. The van der Waals surface area contributed by atoms with Crippen LogP contribution in [0.3, 0.4) is 0 Å². The van der Waals surface area contributed by atoms with Gasteiger partial charge in [-0.2, -0.15) is 0 Å². The molecule has 0 radical (unpaired) electrons. The van der Waals surface area contributed by atoms with Crippen molar-refractivity contribution in [1.29, 1.82) is 0 Å². The molecule has 0 unspecified atom stereocenters. The van der Waals surface area contributed by atoms with E-state index in [1.165, 1.54) is 5.56 Å². The molecule has 0 saturated carbocycles. The molecule has 0 saturated heterocycles. The molecule has 1 aromatic carbocycles. The zero-order valence-electron chi connectivity index (χ0n) is 10.5. The second-order valence-electron chi connectivity index (χ2n) is 3.80. The van der Waals surface area contributed by atoms with Crippen molar-refractivity contribution in [3.8, 4) is 0 Å². The van der Waals surface area contributed by atoms with E-state index in [-0.39, 0.29) is 0 Å². The quantitative estimate of drug-likeness (QED) is 0.796. The molecule has 0 fully saturated rings. The molecule has 0 aliphatic rings.